The van der Waals surface area contributed by atoms with Gasteiger partial charge in [0.25, 0.3) is 0 Å². The first kappa shape index (κ1) is 17.3. The molecule has 0 atom stereocenters. The molecule has 0 bridgehead atoms. The molecule has 3 nitrogen and oxygen atoms in total. The smallest absolute Gasteiger partial charge is 0.339 e. The maximum atomic E-state index is 13.2. The third-order valence-corrected chi connectivity index (χ3v) is 1.78. The molecule has 0 spiro atoms. The number of pyridine rings is 1. The predicted molar refractivity (Wildman–Crippen MR) is 63.7 cm³/mol. The van der Waals surface area contributed by atoms with Gasteiger partial charge in [-0.1, -0.05) is 23.8 Å². The van der Waals surface area contributed by atoms with Crippen LogP contribution in [0.4, 0.5) is 8.78 Å². The van der Waals surface area contributed by atoms with Crippen LogP contribution in [0.15, 0.2) is 36.5 Å². The summed E-state index contributed by atoms with van der Waals surface area (Å²) < 4.78 is 25.8. The summed E-state index contributed by atoms with van der Waals surface area (Å²) in [5, 5.41) is 7.53. The Labute approximate surface area is 122 Å². The summed E-state index contributed by atoms with van der Waals surface area (Å²) >= 11 is 0. The summed E-state index contributed by atoms with van der Waals surface area (Å²) in [6, 6.07) is 9.53. The van der Waals surface area contributed by atoms with Gasteiger partial charge in [-0.3, -0.25) is 8.78 Å². The molecule has 103 valence electrons. The van der Waals surface area contributed by atoms with E-state index in [-0.39, 0.29) is 25.7 Å². The maximum absolute atomic E-state index is 13.2. The van der Waals surface area contributed by atoms with Crippen molar-refractivity contribution in [2.75, 3.05) is 0 Å². The molecule has 0 fully saturated rings. The molecule has 0 saturated heterocycles. The van der Waals surface area contributed by atoms with Gasteiger partial charge in [0.2, 0.25) is 0 Å². The van der Waals surface area contributed by atoms with Crippen LogP contribution in [0, 0.1) is 17.7 Å². The number of hydrogen-bond donors (Lipinski definition) is 1. The molecule has 2 aromatic rings. The minimum atomic E-state index is -0.649. The number of benzene rings is 1. The molecule has 1 aromatic heterocycles. The van der Waals surface area contributed by atoms with Gasteiger partial charge in [0.15, 0.2) is 0 Å². The molecule has 0 aliphatic heterocycles. The van der Waals surface area contributed by atoms with Crippen LogP contribution in [0.2, 0.25) is 0 Å². The van der Waals surface area contributed by atoms with E-state index in [1.165, 1.54) is 6.92 Å². The molecule has 2 rings (SSSR count). The average Bonchev–Trinajstić information content (AvgIpc) is 2.29. The Bertz CT molecular complexity index is 531. The van der Waals surface area contributed by atoms with Gasteiger partial charge in [-0.05, 0) is 11.8 Å². The van der Waals surface area contributed by atoms with E-state index in [9.17, 15) is 8.78 Å². The van der Waals surface area contributed by atoms with E-state index in [0.717, 1.165) is 12.1 Å². The Kier molecular flexibility index (Phi) is 7.72. The van der Waals surface area contributed by atoms with Crippen molar-refractivity contribution >= 4 is 5.97 Å². The fourth-order valence-electron chi connectivity index (χ4n) is 1.15. The molecule has 0 aliphatic rings. The van der Waals surface area contributed by atoms with Gasteiger partial charge < -0.3 is 14.9 Å². The summed E-state index contributed by atoms with van der Waals surface area (Å²) in [7, 11) is 0. The van der Waals surface area contributed by atoms with E-state index >= 15 is 0 Å². The number of rotatable bonds is 1. The maximum Gasteiger partial charge on any atom is 0.477 e. The van der Waals surface area contributed by atoms with Gasteiger partial charge in [0, 0.05) is 37.9 Å². The molecule has 1 heterocycles. The Morgan fingerprint density at radius 1 is 1.37 bits per heavy atom. The fraction of sp³-hybridized carbons (Fsp3) is 0.0769. The van der Waals surface area contributed by atoms with Crippen molar-refractivity contribution in [2.24, 2.45) is 0 Å². The first-order valence-electron chi connectivity index (χ1n) is 5.00. The second-order valence-electron chi connectivity index (χ2n) is 3.30. The summed E-state index contributed by atoms with van der Waals surface area (Å²) in [4.78, 5) is 11.5. The molecule has 2 N–H and O–H groups in total. The SMILES string of the molecule is CC(O)=[OH+].Fc1c[c-]c(-c2ccccn2)c(F)c1.[Ir]. The number of aromatic nitrogens is 1. The molecule has 19 heavy (non-hydrogen) atoms. The van der Waals surface area contributed by atoms with Gasteiger partial charge in [0.05, 0.1) is 6.92 Å². The van der Waals surface area contributed by atoms with Crippen LogP contribution in [0.1, 0.15) is 6.92 Å². The van der Waals surface area contributed by atoms with Crippen LogP contribution in [-0.4, -0.2) is 20.9 Å². The van der Waals surface area contributed by atoms with Crippen molar-refractivity contribution in [3.8, 4) is 11.3 Å². The summed E-state index contributed by atoms with van der Waals surface area (Å²) in [6.45, 7) is 1.19. The number of hydrogen-bond acceptors (Lipinski definition) is 1. The molecule has 0 amide bonds. The minimum Gasteiger partial charge on any atom is -0.339 e. The van der Waals surface area contributed by atoms with Crippen LogP contribution >= 0.6 is 0 Å². The van der Waals surface area contributed by atoms with E-state index in [2.05, 4.69) is 11.1 Å². The molecular weight excluding hydrogens is 432 g/mol. The molecule has 0 saturated carbocycles. The summed E-state index contributed by atoms with van der Waals surface area (Å²) in [5.74, 6) is -1.87. The van der Waals surface area contributed by atoms with Crippen LogP contribution in [0.25, 0.3) is 11.3 Å². The zero-order valence-electron chi connectivity index (χ0n) is 9.90. The molecule has 0 aliphatic carbocycles. The number of carboxylic acids is 1. The van der Waals surface area contributed by atoms with Gasteiger partial charge in [-0.25, -0.2) is 0 Å². The van der Waals surface area contributed by atoms with Crippen LogP contribution in [-0.2, 0) is 20.1 Å². The monoisotopic (exact) mass is 444 g/mol. The van der Waals surface area contributed by atoms with E-state index in [4.69, 9.17) is 9.90 Å². The third kappa shape index (κ3) is 6.17. The first-order valence-corrected chi connectivity index (χ1v) is 5.00. The number of carboxylic acid groups (broad SMARTS) is 1. The summed E-state index contributed by atoms with van der Waals surface area (Å²) in [5.41, 5.74) is 0.636. The normalized spacial score (nSPS) is 8.79. The van der Waals surface area contributed by atoms with Gasteiger partial charge in [-0.2, -0.15) is 0 Å². The van der Waals surface area contributed by atoms with Gasteiger partial charge in [0.1, 0.15) is 0 Å². The first-order chi connectivity index (χ1) is 8.50. The summed E-state index contributed by atoms with van der Waals surface area (Å²) in [6.07, 6.45) is 1.55. The second-order valence-corrected chi connectivity index (χ2v) is 3.30. The average molecular weight is 443 g/mol. The van der Waals surface area contributed by atoms with Gasteiger partial charge >= 0.3 is 5.97 Å². The van der Waals surface area contributed by atoms with Crippen molar-refractivity contribution < 1.29 is 38.8 Å². The predicted octanol–water partition coefficient (Wildman–Crippen LogP) is 2.89. The molecular formula is C13H11F2IrNO2. The van der Waals surface area contributed by atoms with Crippen LogP contribution < -0.4 is 0 Å². The van der Waals surface area contributed by atoms with E-state index < -0.39 is 17.6 Å². The van der Waals surface area contributed by atoms with Crippen molar-refractivity contribution in [2.45, 2.75) is 6.92 Å². The number of aliphatic hydroxyl groups excluding tert-OH is 1. The topological polar surface area (TPSA) is 54.5 Å². The Morgan fingerprint density at radius 2 is 2.00 bits per heavy atom. The minimum absolute atomic E-state index is 0. The second kappa shape index (κ2) is 8.45. The zero-order chi connectivity index (χ0) is 13.5. The standard InChI is InChI=1S/C11H6F2N.C2H4O2.Ir/c12-8-4-5-9(10(13)7-8)11-3-1-2-6-14-11;1-2(3)4;/h1-4,6-7H;1H3,(H,3,4);/q-1;;/p+1. The largest absolute Gasteiger partial charge is 0.477 e. The zero-order valence-corrected chi connectivity index (χ0v) is 12.3. The third-order valence-electron chi connectivity index (χ3n) is 1.78. The quantitative estimate of drug-likeness (QED) is 0.545. The molecule has 6 heteroatoms. The molecule has 1 aromatic carbocycles. The Hall–Kier alpha value is -1.65. The van der Waals surface area contributed by atoms with Crippen LogP contribution in [0.5, 0.6) is 0 Å². The van der Waals surface area contributed by atoms with Crippen molar-refractivity contribution in [1.82, 2.24) is 4.98 Å². The van der Waals surface area contributed by atoms with Crippen molar-refractivity contribution in [1.29, 1.82) is 0 Å². The van der Waals surface area contributed by atoms with Gasteiger partial charge in [-0.15, -0.1) is 12.1 Å². The Balaban J connectivity index is 0.000000576. The molecule has 0 unspecified atom stereocenters. The van der Waals surface area contributed by atoms with Crippen molar-refractivity contribution in [3.05, 3.63) is 54.2 Å². The fourth-order valence-corrected chi connectivity index (χ4v) is 1.15. The number of aliphatic carboxylic acids is 1. The van der Waals surface area contributed by atoms with E-state index in [0.29, 0.717) is 5.69 Å². The van der Waals surface area contributed by atoms with E-state index in [1.807, 2.05) is 0 Å². The van der Waals surface area contributed by atoms with Crippen LogP contribution in [0.3, 0.4) is 0 Å². The van der Waals surface area contributed by atoms with Crippen molar-refractivity contribution in [3.63, 3.8) is 0 Å². The molecule has 1 radical (unpaired) electrons. The van der Waals surface area contributed by atoms with E-state index in [1.54, 1.807) is 24.4 Å². The number of halogens is 2. The number of nitrogens with zero attached hydrogens (tertiary/aromatic N) is 1. The Morgan fingerprint density at radius 3 is 2.47 bits per heavy atom.